The average molecular weight is 269 g/mol. The summed E-state index contributed by atoms with van der Waals surface area (Å²) in [4.78, 5) is 7.09. The molecule has 1 unspecified atom stereocenters. The Kier molecular flexibility index (Phi) is 4.28. The molecule has 1 N–H and O–H groups in total. The van der Waals surface area contributed by atoms with Gasteiger partial charge in [0.25, 0.3) is 0 Å². The molecule has 0 aliphatic carbocycles. The summed E-state index contributed by atoms with van der Waals surface area (Å²) in [5.41, 5.74) is 2.51. The minimum Gasteiger partial charge on any atom is -0.314 e. The lowest BCUT2D eigenvalue weighted by molar-refractivity contribution is 0.145. The Morgan fingerprint density at radius 1 is 1.30 bits per heavy atom. The van der Waals surface area contributed by atoms with Crippen molar-refractivity contribution in [2.75, 3.05) is 19.6 Å². The van der Waals surface area contributed by atoms with Gasteiger partial charge in [-0.15, -0.1) is 0 Å². The van der Waals surface area contributed by atoms with Crippen molar-refractivity contribution in [3.63, 3.8) is 0 Å². The third kappa shape index (κ3) is 2.84. The van der Waals surface area contributed by atoms with Crippen molar-refractivity contribution in [2.24, 2.45) is 0 Å². The van der Waals surface area contributed by atoms with Crippen LogP contribution in [0.25, 0.3) is 10.9 Å². The third-order valence-corrected chi connectivity index (χ3v) is 4.21. The third-order valence-electron chi connectivity index (χ3n) is 4.21. The van der Waals surface area contributed by atoms with E-state index in [1.165, 1.54) is 23.8 Å². The first kappa shape index (κ1) is 13.5. The summed E-state index contributed by atoms with van der Waals surface area (Å²) in [6.07, 6.45) is 4.46. The van der Waals surface area contributed by atoms with Gasteiger partial charge in [-0.3, -0.25) is 9.88 Å². The first-order valence-electron chi connectivity index (χ1n) is 7.66. The maximum absolute atomic E-state index is 4.46. The predicted molar refractivity (Wildman–Crippen MR) is 83.7 cm³/mol. The highest BCUT2D eigenvalue weighted by Gasteiger charge is 2.21. The van der Waals surface area contributed by atoms with Gasteiger partial charge < -0.3 is 5.32 Å². The van der Waals surface area contributed by atoms with E-state index in [9.17, 15) is 0 Å². The molecule has 0 radical (unpaired) electrons. The topological polar surface area (TPSA) is 28.2 Å². The van der Waals surface area contributed by atoms with Crippen molar-refractivity contribution in [1.29, 1.82) is 0 Å². The van der Waals surface area contributed by atoms with Crippen LogP contribution in [0.2, 0.25) is 0 Å². The van der Waals surface area contributed by atoms with Crippen LogP contribution in [0.4, 0.5) is 0 Å². The summed E-state index contributed by atoms with van der Waals surface area (Å²) in [7, 11) is 0. The van der Waals surface area contributed by atoms with Crippen LogP contribution in [0.5, 0.6) is 0 Å². The SMILES string of the molecule is CCCC1CNCCN1Cc1ccnc2ccccc12. The number of nitrogens with zero attached hydrogens (tertiary/aromatic N) is 2. The minimum absolute atomic E-state index is 0.667. The van der Waals surface area contributed by atoms with Gasteiger partial charge in [-0.2, -0.15) is 0 Å². The summed E-state index contributed by atoms with van der Waals surface area (Å²) in [6.45, 7) is 6.67. The molecule has 1 aliphatic rings. The largest absolute Gasteiger partial charge is 0.314 e. The molecule has 1 saturated heterocycles. The molecule has 106 valence electrons. The second kappa shape index (κ2) is 6.33. The fourth-order valence-corrected chi connectivity index (χ4v) is 3.14. The maximum Gasteiger partial charge on any atom is 0.0705 e. The van der Waals surface area contributed by atoms with Gasteiger partial charge in [0, 0.05) is 43.8 Å². The maximum atomic E-state index is 4.46. The van der Waals surface area contributed by atoms with Crippen LogP contribution < -0.4 is 5.32 Å². The minimum atomic E-state index is 0.667. The fourth-order valence-electron chi connectivity index (χ4n) is 3.14. The Balaban J connectivity index is 1.84. The van der Waals surface area contributed by atoms with Crippen LogP contribution in [-0.2, 0) is 6.54 Å². The molecule has 0 spiro atoms. The average Bonchev–Trinajstić information content (AvgIpc) is 2.50. The number of rotatable bonds is 4. The predicted octanol–water partition coefficient (Wildman–Crippen LogP) is 2.81. The van der Waals surface area contributed by atoms with Crippen molar-refractivity contribution in [3.8, 4) is 0 Å². The highest BCUT2D eigenvalue weighted by Crippen LogP contribution is 2.20. The summed E-state index contributed by atoms with van der Waals surface area (Å²) in [6, 6.07) is 11.3. The molecule has 1 aromatic heterocycles. The van der Waals surface area contributed by atoms with Gasteiger partial charge in [-0.25, -0.2) is 0 Å². The Morgan fingerprint density at radius 3 is 3.10 bits per heavy atom. The molecule has 2 heterocycles. The lowest BCUT2D eigenvalue weighted by atomic mass is 10.0. The second-order valence-electron chi connectivity index (χ2n) is 5.60. The Bertz CT molecular complexity index is 560. The number of piperazine rings is 1. The molecular formula is C17H23N3. The number of hydrogen-bond acceptors (Lipinski definition) is 3. The second-order valence-corrected chi connectivity index (χ2v) is 5.60. The van der Waals surface area contributed by atoms with E-state index in [0.717, 1.165) is 31.7 Å². The summed E-state index contributed by atoms with van der Waals surface area (Å²) >= 11 is 0. The van der Waals surface area contributed by atoms with Gasteiger partial charge >= 0.3 is 0 Å². The van der Waals surface area contributed by atoms with Crippen LogP contribution in [0.15, 0.2) is 36.5 Å². The first-order valence-corrected chi connectivity index (χ1v) is 7.66. The van der Waals surface area contributed by atoms with E-state index in [0.29, 0.717) is 6.04 Å². The highest BCUT2D eigenvalue weighted by molar-refractivity contribution is 5.81. The van der Waals surface area contributed by atoms with Gasteiger partial charge in [0.2, 0.25) is 0 Å². The van der Waals surface area contributed by atoms with Crippen LogP contribution in [0.3, 0.4) is 0 Å². The van der Waals surface area contributed by atoms with Gasteiger partial charge in [0.1, 0.15) is 0 Å². The van der Waals surface area contributed by atoms with E-state index in [-0.39, 0.29) is 0 Å². The molecule has 0 amide bonds. The number of fused-ring (bicyclic) bond motifs is 1. The van der Waals surface area contributed by atoms with Gasteiger partial charge in [-0.1, -0.05) is 31.5 Å². The molecule has 3 rings (SSSR count). The molecule has 1 fully saturated rings. The quantitative estimate of drug-likeness (QED) is 0.925. The highest BCUT2D eigenvalue weighted by atomic mass is 15.2. The standard InChI is InChI=1S/C17H23N3/c1-2-5-15-12-18-10-11-20(15)13-14-8-9-19-17-7-4-3-6-16(14)17/h3-4,6-9,15,18H,2,5,10-13H2,1H3. The summed E-state index contributed by atoms with van der Waals surface area (Å²) in [5, 5.41) is 4.81. The number of pyridine rings is 1. The molecule has 1 atom stereocenters. The monoisotopic (exact) mass is 269 g/mol. The molecule has 20 heavy (non-hydrogen) atoms. The summed E-state index contributed by atoms with van der Waals surface area (Å²) in [5.74, 6) is 0. The van der Waals surface area contributed by atoms with Crippen molar-refractivity contribution >= 4 is 10.9 Å². The van der Waals surface area contributed by atoms with Gasteiger partial charge in [0.05, 0.1) is 5.52 Å². The normalized spacial score (nSPS) is 20.4. The zero-order valence-corrected chi connectivity index (χ0v) is 12.2. The molecule has 1 aromatic carbocycles. The van der Waals surface area contributed by atoms with Crippen molar-refractivity contribution in [2.45, 2.75) is 32.4 Å². The zero-order chi connectivity index (χ0) is 13.8. The van der Waals surface area contributed by atoms with E-state index in [4.69, 9.17) is 0 Å². The number of nitrogens with one attached hydrogen (secondary N) is 1. The Morgan fingerprint density at radius 2 is 2.20 bits per heavy atom. The zero-order valence-electron chi connectivity index (χ0n) is 12.2. The smallest absolute Gasteiger partial charge is 0.0705 e. The lowest BCUT2D eigenvalue weighted by Gasteiger charge is -2.36. The van der Waals surface area contributed by atoms with Crippen molar-refractivity contribution in [3.05, 3.63) is 42.1 Å². The Labute approximate surface area is 121 Å². The van der Waals surface area contributed by atoms with Crippen LogP contribution in [-0.4, -0.2) is 35.6 Å². The van der Waals surface area contributed by atoms with E-state index in [1.54, 1.807) is 0 Å². The van der Waals surface area contributed by atoms with E-state index in [2.05, 4.69) is 52.5 Å². The molecule has 3 heteroatoms. The molecular weight excluding hydrogens is 246 g/mol. The molecule has 3 nitrogen and oxygen atoms in total. The Hall–Kier alpha value is -1.45. The van der Waals surface area contributed by atoms with Crippen LogP contribution in [0.1, 0.15) is 25.3 Å². The van der Waals surface area contributed by atoms with Gasteiger partial charge in [0.15, 0.2) is 0 Å². The molecule has 1 aliphatic heterocycles. The molecule has 0 bridgehead atoms. The van der Waals surface area contributed by atoms with E-state index >= 15 is 0 Å². The van der Waals surface area contributed by atoms with Gasteiger partial charge in [-0.05, 0) is 24.1 Å². The number of aromatic nitrogens is 1. The number of hydrogen-bond donors (Lipinski definition) is 1. The first-order chi connectivity index (χ1) is 9.88. The van der Waals surface area contributed by atoms with E-state index in [1.807, 2.05) is 6.20 Å². The molecule has 2 aromatic rings. The van der Waals surface area contributed by atoms with Crippen LogP contribution in [0, 0.1) is 0 Å². The van der Waals surface area contributed by atoms with Crippen LogP contribution >= 0.6 is 0 Å². The lowest BCUT2D eigenvalue weighted by Crippen LogP contribution is -2.50. The fraction of sp³-hybridized carbons (Fsp3) is 0.471. The van der Waals surface area contributed by atoms with Crippen molar-refractivity contribution in [1.82, 2.24) is 15.2 Å². The molecule has 0 saturated carbocycles. The number of benzene rings is 1. The van der Waals surface area contributed by atoms with E-state index < -0.39 is 0 Å². The summed E-state index contributed by atoms with van der Waals surface area (Å²) < 4.78 is 0. The number of para-hydroxylation sites is 1. The van der Waals surface area contributed by atoms with Crippen molar-refractivity contribution < 1.29 is 0 Å².